The molecular weight excluding hydrogens is 293 g/mol. The van der Waals surface area contributed by atoms with E-state index in [0.717, 1.165) is 12.8 Å². The van der Waals surface area contributed by atoms with E-state index in [1.54, 1.807) is 0 Å². The van der Waals surface area contributed by atoms with Crippen LogP contribution in [-0.2, 0) is 9.53 Å². The van der Waals surface area contributed by atoms with E-state index >= 15 is 0 Å². The molecule has 0 aliphatic rings. The third kappa shape index (κ3) is 7.55. The van der Waals surface area contributed by atoms with Crippen molar-refractivity contribution in [1.29, 1.82) is 0 Å². The van der Waals surface area contributed by atoms with Crippen molar-refractivity contribution in [3.63, 3.8) is 0 Å². The summed E-state index contributed by atoms with van der Waals surface area (Å²) >= 11 is 2.08. The molecule has 0 spiro atoms. The lowest BCUT2D eigenvalue weighted by Crippen LogP contribution is -2.33. The van der Waals surface area contributed by atoms with Gasteiger partial charge in [-0.1, -0.05) is 43.4 Å². The highest BCUT2D eigenvalue weighted by atomic mass is 127. The fourth-order valence-corrected chi connectivity index (χ4v) is 1.30. The van der Waals surface area contributed by atoms with E-state index in [1.807, 2.05) is 0 Å². The summed E-state index contributed by atoms with van der Waals surface area (Å²) in [6.45, 7) is 7.00. The molecular formula is C10H20INO2. The van der Waals surface area contributed by atoms with Crippen LogP contribution in [-0.4, -0.2) is 23.0 Å². The maximum Gasteiger partial charge on any atom is 0.323 e. The van der Waals surface area contributed by atoms with Gasteiger partial charge in [-0.3, -0.25) is 4.79 Å². The van der Waals surface area contributed by atoms with Crippen LogP contribution >= 0.6 is 22.6 Å². The number of alkyl halides is 1. The summed E-state index contributed by atoms with van der Waals surface area (Å²) in [7, 11) is 0. The van der Waals surface area contributed by atoms with Crippen LogP contribution in [0.1, 0.15) is 33.6 Å². The van der Waals surface area contributed by atoms with E-state index in [9.17, 15) is 4.79 Å². The van der Waals surface area contributed by atoms with Gasteiger partial charge in [0.15, 0.2) is 0 Å². The standard InChI is InChI=1S/C10H20INO2/c1-10(2,3)5-4-6-14-9(13)8(12)7-11/h8H,4-7,12H2,1-3H3. The first kappa shape index (κ1) is 14.2. The van der Waals surface area contributed by atoms with Gasteiger partial charge in [0.2, 0.25) is 0 Å². The Balaban J connectivity index is 3.51. The lowest BCUT2D eigenvalue weighted by atomic mass is 9.91. The molecule has 0 heterocycles. The highest BCUT2D eigenvalue weighted by Crippen LogP contribution is 2.20. The quantitative estimate of drug-likeness (QED) is 0.366. The maximum absolute atomic E-state index is 11.1. The number of rotatable bonds is 5. The molecule has 2 N–H and O–H groups in total. The summed E-state index contributed by atoms with van der Waals surface area (Å²) in [6, 6.07) is -0.467. The largest absolute Gasteiger partial charge is 0.465 e. The second-order valence-electron chi connectivity index (χ2n) is 4.59. The molecule has 0 amide bonds. The molecule has 84 valence electrons. The normalized spacial score (nSPS) is 13.8. The van der Waals surface area contributed by atoms with E-state index < -0.39 is 6.04 Å². The van der Waals surface area contributed by atoms with Crippen LogP contribution in [0.4, 0.5) is 0 Å². The van der Waals surface area contributed by atoms with Crippen molar-refractivity contribution >= 4 is 28.6 Å². The summed E-state index contributed by atoms with van der Waals surface area (Å²) in [5, 5.41) is 0. The Morgan fingerprint density at radius 3 is 2.50 bits per heavy atom. The Morgan fingerprint density at radius 1 is 1.50 bits per heavy atom. The summed E-state index contributed by atoms with van der Waals surface area (Å²) in [6.07, 6.45) is 1.96. The van der Waals surface area contributed by atoms with Crippen molar-refractivity contribution in [1.82, 2.24) is 0 Å². The first-order valence-electron chi connectivity index (χ1n) is 4.85. The smallest absolute Gasteiger partial charge is 0.323 e. The second-order valence-corrected chi connectivity index (χ2v) is 5.47. The van der Waals surface area contributed by atoms with Crippen molar-refractivity contribution in [2.45, 2.75) is 39.7 Å². The molecule has 0 aliphatic carbocycles. The summed E-state index contributed by atoms with van der Waals surface area (Å²) in [5.74, 6) is -0.284. The number of hydrogen-bond acceptors (Lipinski definition) is 3. The Bertz CT molecular complexity index is 177. The fourth-order valence-electron chi connectivity index (χ4n) is 0.945. The summed E-state index contributed by atoms with van der Waals surface area (Å²) in [5.41, 5.74) is 5.81. The lowest BCUT2D eigenvalue weighted by molar-refractivity contribution is -0.144. The average Bonchev–Trinajstić information content (AvgIpc) is 2.09. The number of carbonyl (C=O) groups excluding carboxylic acids is 1. The fraction of sp³-hybridized carbons (Fsp3) is 0.900. The molecule has 0 aliphatic heterocycles. The first-order valence-corrected chi connectivity index (χ1v) is 6.37. The molecule has 3 nitrogen and oxygen atoms in total. The van der Waals surface area contributed by atoms with Crippen LogP contribution in [0.2, 0.25) is 0 Å². The van der Waals surface area contributed by atoms with Gasteiger partial charge >= 0.3 is 5.97 Å². The predicted octanol–water partition coefficient (Wildman–Crippen LogP) is 2.12. The van der Waals surface area contributed by atoms with Gasteiger partial charge in [-0.05, 0) is 18.3 Å². The molecule has 0 rings (SSSR count). The molecule has 4 heteroatoms. The minimum atomic E-state index is -0.467. The van der Waals surface area contributed by atoms with Crippen molar-refractivity contribution < 1.29 is 9.53 Å². The van der Waals surface area contributed by atoms with Gasteiger partial charge in [0.05, 0.1) is 6.61 Å². The molecule has 0 bridgehead atoms. The number of nitrogens with two attached hydrogens (primary N) is 1. The Kier molecular flexibility index (Phi) is 6.68. The molecule has 14 heavy (non-hydrogen) atoms. The Hall–Kier alpha value is 0.160. The highest BCUT2D eigenvalue weighted by Gasteiger charge is 2.14. The maximum atomic E-state index is 11.1. The van der Waals surface area contributed by atoms with Crippen LogP contribution in [0.15, 0.2) is 0 Å². The zero-order valence-electron chi connectivity index (χ0n) is 9.18. The molecule has 1 atom stereocenters. The molecule has 1 unspecified atom stereocenters. The number of halogens is 1. The third-order valence-electron chi connectivity index (χ3n) is 1.78. The predicted molar refractivity (Wildman–Crippen MR) is 66.5 cm³/mol. The molecule has 0 aromatic carbocycles. The zero-order chi connectivity index (χ0) is 11.2. The summed E-state index contributed by atoms with van der Waals surface area (Å²) < 4.78 is 5.63. The van der Waals surface area contributed by atoms with E-state index in [4.69, 9.17) is 10.5 Å². The molecule has 0 fully saturated rings. The van der Waals surface area contributed by atoms with Crippen molar-refractivity contribution in [2.75, 3.05) is 11.0 Å². The minimum absolute atomic E-state index is 0.284. The van der Waals surface area contributed by atoms with E-state index in [0.29, 0.717) is 16.4 Å². The van der Waals surface area contributed by atoms with Crippen molar-refractivity contribution in [3.05, 3.63) is 0 Å². The Morgan fingerprint density at radius 2 is 2.07 bits per heavy atom. The number of carbonyl (C=O) groups is 1. The van der Waals surface area contributed by atoms with E-state index in [1.165, 1.54) is 0 Å². The molecule has 0 aromatic heterocycles. The number of ether oxygens (including phenoxy) is 1. The first-order chi connectivity index (χ1) is 6.37. The second kappa shape index (κ2) is 6.61. The number of hydrogen-bond donors (Lipinski definition) is 1. The van der Waals surface area contributed by atoms with Crippen LogP contribution in [0, 0.1) is 5.41 Å². The summed E-state index contributed by atoms with van der Waals surface area (Å²) in [4.78, 5) is 11.1. The topological polar surface area (TPSA) is 52.3 Å². The third-order valence-corrected chi connectivity index (χ3v) is 2.73. The van der Waals surface area contributed by atoms with Gasteiger partial charge in [0.1, 0.15) is 6.04 Å². The van der Waals surface area contributed by atoms with Crippen LogP contribution in [0.3, 0.4) is 0 Å². The van der Waals surface area contributed by atoms with E-state index in [2.05, 4.69) is 43.4 Å². The van der Waals surface area contributed by atoms with Gasteiger partial charge in [0, 0.05) is 4.43 Å². The molecule has 0 aromatic rings. The van der Waals surface area contributed by atoms with Crippen LogP contribution < -0.4 is 5.73 Å². The molecule has 0 saturated heterocycles. The lowest BCUT2D eigenvalue weighted by Gasteiger charge is -2.17. The SMILES string of the molecule is CC(C)(C)CCCOC(=O)C(N)CI. The minimum Gasteiger partial charge on any atom is -0.465 e. The van der Waals surface area contributed by atoms with Crippen LogP contribution in [0.5, 0.6) is 0 Å². The average molecular weight is 313 g/mol. The van der Waals surface area contributed by atoms with Gasteiger partial charge in [-0.25, -0.2) is 0 Å². The molecule has 0 radical (unpaired) electrons. The van der Waals surface area contributed by atoms with E-state index in [-0.39, 0.29) is 5.97 Å². The number of esters is 1. The van der Waals surface area contributed by atoms with Gasteiger partial charge in [-0.2, -0.15) is 0 Å². The highest BCUT2D eigenvalue weighted by molar-refractivity contribution is 14.1. The molecule has 0 saturated carbocycles. The van der Waals surface area contributed by atoms with Gasteiger partial charge in [0.25, 0.3) is 0 Å². The van der Waals surface area contributed by atoms with Gasteiger partial charge < -0.3 is 10.5 Å². The monoisotopic (exact) mass is 313 g/mol. The van der Waals surface area contributed by atoms with Crippen molar-refractivity contribution in [3.8, 4) is 0 Å². The van der Waals surface area contributed by atoms with Crippen LogP contribution in [0.25, 0.3) is 0 Å². The zero-order valence-corrected chi connectivity index (χ0v) is 11.3. The van der Waals surface area contributed by atoms with Gasteiger partial charge in [-0.15, -0.1) is 0 Å². The Labute approximate surface area is 99.9 Å². The van der Waals surface area contributed by atoms with Crippen molar-refractivity contribution in [2.24, 2.45) is 11.1 Å².